The highest BCUT2D eigenvalue weighted by molar-refractivity contribution is 6.17. The van der Waals surface area contributed by atoms with Crippen molar-refractivity contribution in [2.45, 2.75) is 25.7 Å². The van der Waals surface area contributed by atoms with E-state index in [4.69, 9.17) is 9.31 Å². The van der Waals surface area contributed by atoms with Gasteiger partial charge < -0.3 is 9.31 Å². The molecular weight excluding hydrogens is 191 g/mol. The third-order valence-corrected chi connectivity index (χ3v) is 3.05. The summed E-state index contributed by atoms with van der Waals surface area (Å²) in [7, 11) is 1.50. The molecule has 0 N–H and O–H groups in total. The normalized spacial score (nSPS) is 23.7. The average Bonchev–Trinajstić information content (AvgIpc) is 2.88. The summed E-state index contributed by atoms with van der Waals surface area (Å²) in [5.41, 5.74) is 0. The summed E-state index contributed by atoms with van der Waals surface area (Å²) in [5, 5.41) is 0. The molecule has 2 heterocycles. The molecule has 0 saturated carbocycles. The zero-order chi connectivity index (χ0) is 10.3. The van der Waals surface area contributed by atoms with Crippen LogP contribution in [0.4, 0.5) is 0 Å². The molecule has 5 heteroatoms. The Balaban J connectivity index is 1.41. The van der Waals surface area contributed by atoms with Crippen molar-refractivity contribution < 1.29 is 9.31 Å². The highest BCUT2D eigenvalue weighted by Crippen LogP contribution is 2.07. The van der Waals surface area contributed by atoms with Crippen molar-refractivity contribution in [3.05, 3.63) is 0 Å². The second-order valence-corrected chi connectivity index (χ2v) is 4.34. The van der Waals surface area contributed by atoms with Crippen molar-refractivity contribution in [3.63, 3.8) is 0 Å². The van der Waals surface area contributed by atoms with Gasteiger partial charge in [0.05, 0.1) is 13.5 Å². The first kappa shape index (κ1) is 11.4. The number of rotatable bonds is 6. The van der Waals surface area contributed by atoms with Crippen LogP contribution in [0.2, 0.25) is 0 Å². The maximum Gasteiger partial charge on any atom is 0.489 e. The summed E-state index contributed by atoms with van der Waals surface area (Å²) in [6, 6.07) is 0. The van der Waals surface area contributed by atoms with E-state index < -0.39 is 0 Å². The average molecular weight is 211 g/mol. The molecule has 0 amide bonds. The lowest BCUT2D eigenvalue weighted by molar-refractivity contribution is 0.0910. The first-order valence-corrected chi connectivity index (χ1v) is 5.95. The summed E-state index contributed by atoms with van der Waals surface area (Å²) in [6.07, 6.45) is 5.21. The minimum Gasteiger partial charge on any atom is -0.400 e. The third kappa shape index (κ3) is 4.11. The van der Waals surface area contributed by atoms with Crippen molar-refractivity contribution >= 4 is 7.69 Å². The van der Waals surface area contributed by atoms with Gasteiger partial charge in [-0.15, -0.1) is 0 Å². The molecule has 2 aliphatic rings. The molecule has 2 aliphatic heterocycles. The summed E-state index contributed by atoms with van der Waals surface area (Å²) in [4.78, 5) is 4.60. The predicted octanol–water partition coefficient (Wildman–Crippen LogP) is 0.660. The van der Waals surface area contributed by atoms with Crippen LogP contribution in [-0.2, 0) is 9.31 Å². The van der Waals surface area contributed by atoms with Crippen LogP contribution in [0.15, 0.2) is 0 Å². The van der Waals surface area contributed by atoms with Gasteiger partial charge in [-0.1, -0.05) is 0 Å². The Morgan fingerprint density at radius 3 is 1.53 bits per heavy atom. The van der Waals surface area contributed by atoms with Crippen LogP contribution in [0, 0.1) is 0 Å². The van der Waals surface area contributed by atoms with E-state index in [9.17, 15) is 0 Å². The minimum absolute atomic E-state index is 0.681. The molecule has 0 bridgehead atoms. The fraction of sp³-hybridized carbons (Fsp3) is 1.00. The van der Waals surface area contributed by atoms with Gasteiger partial charge in [0, 0.05) is 26.2 Å². The first-order chi connectivity index (χ1) is 7.45. The Hall–Kier alpha value is -0.0951. The SMILES string of the molecule is [B](OCN1CCCC1)OCN1CCCC1. The highest BCUT2D eigenvalue weighted by atomic mass is 16.6. The lowest BCUT2D eigenvalue weighted by Crippen LogP contribution is -2.27. The Morgan fingerprint density at radius 1 is 0.733 bits per heavy atom. The van der Waals surface area contributed by atoms with E-state index in [-0.39, 0.29) is 0 Å². The van der Waals surface area contributed by atoms with Gasteiger partial charge in [-0.3, -0.25) is 9.80 Å². The van der Waals surface area contributed by atoms with Crippen LogP contribution < -0.4 is 0 Å². The lowest BCUT2D eigenvalue weighted by atomic mass is 10.4. The first-order valence-electron chi connectivity index (χ1n) is 5.95. The van der Waals surface area contributed by atoms with E-state index in [1.54, 1.807) is 0 Å². The van der Waals surface area contributed by atoms with Crippen molar-refractivity contribution in [2.24, 2.45) is 0 Å². The van der Waals surface area contributed by atoms with Gasteiger partial charge in [0.15, 0.2) is 0 Å². The molecule has 4 nitrogen and oxygen atoms in total. The number of hydrogen-bond acceptors (Lipinski definition) is 4. The molecule has 0 unspecified atom stereocenters. The fourth-order valence-electron chi connectivity index (χ4n) is 2.14. The maximum atomic E-state index is 5.33. The molecule has 0 aliphatic carbocycles. The summed E-state index contributed by atoms with van der Waals surface area (Å²) >= 11 is 0. The Labute approximate surface area is 92.8 Å². The van der Waals surface area contributed by atoms with Crippen LogP contribution in [-0.4, -0.2) is 57.1 Å². The van der Waals surface area contributed by atoms with Crippen molar-refractivity contribution in [3.8, 4) is 0 Å². The van der Waals surface area contributed by atoms with E-state index >= 15 is 0 Å². The fourth-order valence-corrected chi connectivity index (χ4v) is 2.14. The number of hydrogen-bond donors (Lipinski definition) is 0. The van der Waals surface area contributed by atoms with Crippen LogP contribution in [0.25, 0.3) is 0 Å². The van der Waals surface area contributed by atoms with Gasteiger partial charge in [-0.05, 0) is 25.7 Å². The molecule has 0 aromatic carbocycles. The molecule has 2 rings (SSSR count). The Kier molecular flexibility index (Phi) is 4.92. The topological polar surface area (TPSA) is 24.9 Å². The van der Waals surface area contributed by atoms with E-state index in [0.29, 0.717) is 13.5 Å². The van der Waals surface area contributed by atoms with Gasteiger partial charge in [0.1, 0.15) is 0 Å². The van der Waals surface area contributed by atoms with E-state index in [0.717, 1.165) is 0 Å². The van der Waals surface area contributed by atoms with Crippen LogP contribution >= 0.6 is 0 Å². The number of likely N-dealkylation sites (tertiary alicyclic amines) is 2. The Bertz CT molecular complexity index is 153. The van der Waals surface area contributed by atoms with Crippen LogP contribution in [0.1, 0.15) is 25.7 Å². The van der Waals surface area contributed by atoms with Crippen molar-refractivity contribution in [1.82, 2.24) is 9.80 Å². The molecular formula is C10H20BN2O2. The summed E-state index contributed by atoms with van der Waals surface area (Å²) in [6.45, 7) is 6.03. The molecule has 0 atom stereocenters. The molecule has 2 saturated heterocycles. The van der Waals surface area contributed by atoms with Gasteiger partial charge in [0.2, 0.25) is 0 Å². The monoisotopic (exact) mass is 211 g/mol. The Morgan fingerprint density at radius 2 is 1.13 bits per heavy atom. The second-order valence-electron chi connectivity index (χ2n) is 4.34. The number of nitrogens with zero attached hydrogens (tertiary/aromatic N) is 2. The zero-order valence-corrected chi connectivity index (χ0v) is 9.36. The maximum absolute atomic E-state index is 5.33. The molecule has 2 fully saturated rings. The summed E-state index contributed by atoms with van der Waals surface area (Å²) < 4.78 is 10.7. The zero-order valence-electron chi connectivity index (χ0n) is 9.36. The lowest BCUT2D eigenvalue weighted by Gasteiger charge is -2.16. The van der Waals surface area contributed by atoms with Crippen LogP contribution in [0.3, 0.4) is 0 Å². The smallest absolute Gasteiger partial charge is 0.400 e. The summed E-state index contributed by atoms with van der Waals surface area (Å²) in [5.74, 6) is 0. The quantitative estimate of drug-likeness (QED) is 0.476. The van der Waals surface area contributed by atoms with Gasteiger partial charge in [-0.2, -0.15) is 0 Å². The highest BCUT2D eigenvalue weighted by Gasteiger charge is 2.13. The van der Waals surface area contributed by atoms with Gasteiger partial charge in [0.25, 0.3) is 0 Å². The largest absolute Gasteiger partial charge is 0.489 e. The van der Waals surface area contributed by atoms with E-state index in [1.165, 1.54) is 59.5 Å². The second kappa shape index (κ2) is 6.48. The van der Waals surface area contributed by atoms with Crippen molar-refractivity contribution in [2.75, 3.05) is 39.6 Å². The third-order valence-electron chi connectivity index (χ3n) is 3.05. The predicted molar refractivity (Wildman–Crippen MR) is 59.3 cm³/mol. The van der Waals surface area contributed by atoms with Gasteiger partial charge >= 0.3 is 7.69 Å². The minimum atomic E-state index is 0.681. The van der Waals surface area contributed by atoms with Crippen molar-refractivity contribution in [1.29, 1.82) is 0 Å². The molecule has 0 spiro atoms. The van der Waals surface area contributed by atoms with Crippen LogP contribution in [0.5, 0.6) is 0 Å². The molecule has 1 radical (unpaired) electrons. The molecule has 0 aromatic heterocycles. The van der Waals surface area contributed by atoms with Gasteiger partial charge in [-0.25, -0.2) is 0 Å². The van der Waals surface area contributed by atoms with E-state index in [1.807, 2.05) is 0 Å². The molecule has 15 heavy (non-hydrogen) atoms. The van der Waals surface area contributed by atoms with E-state index in [2.05, 4.69) is 9.80 Å². The standard InChI is InChI=1S/C10H20BN2O2/c1-2-6-12(5-1)9-14-11-15-10-13-7-3-4-8-13/h1-10H2. The molecule has 0 aromatic rings. The molecule has 85 valence electrons.